The Morgan fingerprint density at radius 2 is 2.17 bits per heavy atom. The van der Waals surface area contributed by atoms with Crippen molar-refractivity contribution in [2.24, 2.45) is 11.3 Å². The average molecular weight is 170 g/mol. The van der Waals surface area contributed by atoms with Gasteiger partial charge in [0.1, 0.15) is 0 Å². The normalized spacial score (nSPS) is 28.8. The molecule has 1 nitrogen and oxygen atoms in total. The second-order valence-electron chi connectivity index (χ2n) is 4.91. The second kappa shape index (κ2) is 4.27. The average Bonchev–Trinajstić information content (AvgIpc) is 1.99. The molecule has 0 saturated heterocycles. The summed E-state index contributed by atoms with van der Waals surface area (Å²) in [6.45, 7) is 5.73. The Morgan fingerprint density at radius 1 is 1.42 bits per heavy atom. The Balaban J connectivity index is 2.26. The molecule has 72 valence electrons. The van der Waals surface area contributed by atoms with Gasteiger partial charge in [0, 0.05) is 13.7 Å². The zero-order chi connectivity index (χ0) is 9.03. The molecular weight excluding hydrogens is 148 g/mol. The molecule has 1 aliphatic carbocycles. The van der Waals surface area contributed by atoms with Gasteiger partial charge in [-0.15, -0.1) is 0 Å². The summed E-state index contributed by atoms with van der Waals surface area (Å²) in [5.41, 5.74) is 0.594. The van der Waals surface area contributed by atoms with Crippen LogP contribution in [-0.2, 0) is 4.74 Å². The van der Waals surface area contributed by atoms with Crippen LogP contribution in [0.2, 0.25) is 0 Å². The summed E-state index contributed by atoms with van der Waals surface area (Å²) in [4.78, 5) is 0. The first-order chi connectivity index (χ1) is 5.64. The predicted molar refractivity (Wildman–Crippen MR) is 52.2 cm³/mol. The molecule has 1 heteroatoms. The molecule has 0 bridgehead atoms. The largest absolute Gasteiger partial charge is 0.385 e. The van der Waals surface area contributed by atoms with E-state index in [2.05, 4.69) is 13.8 Å². The van der Waals surface area contributed by atoms with E-state index >= 15 is 0 Å². The molecule has 1 unspecified atom stereocenters. The monoisotopic (exact) mass is 170 g/mol. The van der Waals surface area contributed by atoms with Gasteiger partial charge in [0.05, 0.1) is 0 Å². The van der Waals surface area contributed by atoms with Gasteiger partial charge >= 0.3 is 0 Å². The molecule has 1 rings (SSSR count). The van der Waals surface area contributed by atoms with Gasteiger partial charge in [0.25, 0.3) is 0 Å². The first kappa shape index (κ1) is 10.0. The van der Waals surface area contributed by atoms with Crippen molar-refractivity contribution in [3.8, 4) is 0 Å². The van der Waals surface area contributed by atoms with Crippen LogP contribution < -0.4 is 0 Å². The van der Waals surface area contributed by atoms with E-state index in [1.807, 2.05) is 0 Å². The highest BCUT2D eigenvalue weighted by Gasteiger charge is 2.27. The topological polar surface area (TPSA) is 9.23 Å². The third-order valence-electron chi connectivity index (χ3n) is 3.04. The molecule has 0 aromatic heterocycles. The zero-order valence-corrected chi connectivity index (χ0v) is 8.73. The Bertz CT molecular complexity index is 129. The molecule has 0 aromatic carbocycles. The molecule has 0 aromatic rings. The maximum absolute atomic E-state index is 5.11. The molecule has 1 saturated carbocycles. The molecule has 1 atom stereocenters. The Kier molecular flexibility index (Phi) is 3.57. The maximum Gasteiger partial charge on any atom is 0.0464 e. The van der Waals surface area contributed by atoms with Gasteiger partial charge in [-0.05, 0) is 30.6 Å². The van der Waals surface area contributed by atoms with Crippen LogP contribution in [0.25, 0.3) is 0 Å². The summed E-state index contributed by atoms with van der Waals surface area (Å²) < 4.78 is 5.11. The summed E-state index contributed by atoms with van der Waals surface area (Å²) in [6.07, 6.45) is 6.92. The highest BCUT2D eigenvalue weighted by molar-refractivity contribution is 4.79. The number of rotatable bonds is 3. The van der Waals surface area contributed by atoms with Crippen molar-refractivity contribution < 1.29 is 4.74 Å². The van der Waals surface area contributed by atoms with Gasteiger partial charge in [0.15, 0.2) is 0 Å². The lowest BCUT2D eigenvalue weighted by Crippen LogP contribution is -2.23. The van der Waals surface area contributed by atoms with Crippen LogP contribution in [-0.4, -0.2) is 13.7 Å². The van der Waals surface area contributed by atoms with E-state index < -0.39 is 0 Å². The first-order valence-electron chi connectivity index (χ1n) is 5.13. The maximum atomic E-state index is 5.11. The number of ether oxygens (including phenoxy) is 1. The van der Waals surface area contributed by atoms with E-state index in [9.17, 15) is 0 Å². The van der Waals surface area contributed by atoms with E-state index in [1.54, 1.807) is 7.11 Å². The molecule has 12 heavy (non-hydrogen) atoms. The predicted octanol–water partition coefficient (Wildman–Crippen LogP) is 3.24. The van der Waals surface area contributed by atoms with Crippen molar-refractivity contribution in [2.45, 2.75) is 46.0 Å². The van der Waals surface area contributed by atoms with Crippen molar-refractivity contribution >= 4 is 0 Å². The van der Waals surface area contributed by atoms with Crippen molar-refractivity contribution in [3.05, 3.63) is 0 Å². The Labute approximate surface area is 76.5 Å². The van der Waals surface area contributed by atoms with Crippen LogP contribution in [0.1, 0.15) is 46.0 Å². The number of methoxy groups -OCH3 is 1. The summed E-state index contributed by atoms with van der Waals surface area (Å²) in [6, 6.07) is 0. The minimum Gasteiger partial charge on any atom is -0.385 e. The lowest BCUT2D eigenvalue weighted by molar-refractivity contribution is 0.127. The molecule has 0 aliphatic heterocycles. The lowest BCUT2D eigenvalue weighted by atomic mass is 9.71. The lowest BCUT2D eigenvalue weighted by Gasteiger charge is -2.35. The van der Waals surface area contributed by atoms with Gasteiger partial charge < -0.3 is 4.74 Å². The van der Waals surface area contributed by atoms with E-state index in [0.717, 1.165) is 12.5 Å². The first-order valence-corrected chi connectivity index (χ1v) is 5.13. The van der Waals surface area contributed by atoms with E-state index in [0.29, 0.717) is 5.41 Å². The SMILES string of the molecule is COCCC1CCCC(C)(C)C1. The highest BCUT2D eigenvalue weighted by atomic mass is 16.5. The van der Waals surface area contributed by atoms with Crippen molar-refractivity contribution in [2.75, 3.05) is 13.7 Å². The molecule has 0 amide bonds. The molecule has 0 radical (unpaired) electrons. The van der Waals surface area contributed by atoms with Gasteiger partial charge in [-0.25, -0.2) is 0 Å². The van der Waals surface area contributed by atoms with Crippen LogP contribution in [0.3, 0.4) is 0 Å². The molecule has 0 heterocycles. The van der Waals surface area contributed by atoms with Crippen LogP contribution in [0.5, 0.6) is 0 Å². The molecule has 1 fully saturated rings. The smallest absolute Gasteiger partial charge is 0.0464 e. The van der Waals surface area contributed by atoms with E-state index in [4.69, 9.17) is 4.74 Å². The Morgan fingerprint density at radius 3 is 2.75 bits per heavy atom. The van der Waals surface area contributed by atoms with Gasteiger partial charge in [-0.3, -0.25) is 0 Å². The quantitative estimate of drug-likeness (QED) is 0.632. The summed E-state index contributed by atoms with van der Waals surface area (Å²) in [5, 5.41) is 0. The van der Waals surface area contributed by atoms with Crippen LogP contribution in [0.15, 0.2) is 0 Å². The van der Waals surface area contributed by atoms with Gasteiger partial charge in [0.2, 0.25) is 0 Å². The van der Waals surface area contributed by atoms with Gasteiger partial charge in [-0.1, -0.05) is 26.7 Å². The van der Waals surface area contributed by atoms with Crippen molar-refractivity contribution in [3.63, 3.8) is 0 Å². The van der Waals surface area contributed by atoms with E-state index in [1.165, 1.54) is 32.1 Å². The fourth-order valence-corrected chi connectivity index (χ4v) is 2.39. The molecule has 1 aliphatic rings. The number of hydrogen-bond acceptors (Lipinski definition) is 1. The van der Waals surface area contributed by atoms with Crippen molar-refractivity contribution in [1.82, 2.24) is 0 Å². The summed E-state index contributed by atoms with van der Waals surface area (Å²) in [5.74, 6) is 0.925. The fraction of sp³-hybridized carbons (Fsp3) is 1.00. The molecule has 0 N–H and O–H groups in total. The third kappa shape index (κ3) is 3.14. The standard InChI is InChI=1S/C11H22O/c1-11(2)7-4-5-10(9-11)6-8-12-3/h10H,4-9H2,1-3H3. The Hall–Kier alpha value is -0.0400. The molecular formula is C11H22O. The van der Waals surface area contributed by atoms with E-state index in [-0.39, 0.29) is 0 Å². The van der Waals surface area contributed by atoms with Gasteiger partial charge in [-0.2, -0.15) is 0 Å². The van der Waals surface area contributed by atoms with Crippen LogP contribution in [0.4, 0.5) is 0 Å². The minimum absolute atomic E-state index is 0.594. The number of hydrogen-bond donors (Lipinski definition) is 0. The second-order valence-corrected chi connectivity index (χ2v) is 4.91. The minimum atomic E-state index is 0.594. The van der Waals surface area contributed by atoms with Crippen LogP contribution >= 0.6 is 0 Å². The molecule has 0 spiro atoms. The fourth-order valence-electron chi connectivity index (χ4n) is 2.39. The third-order valence-corrected chi connectivity index (χ3v) is 3.04. The summed E-state index contributed by atoms with van der Waals surface area (Å²) >= 11 is 0. The zero-order valence-electron chi connectivity index (χ0n) is 8.73. The summed E-state index contributed by atoms with van der Waals surface area (Å²) in [7, 11) is 1.80. The highest BCUT2D eigenvalue weighted by Crippen LogP contribution is 2.39. The van der Waals surface area contributed by atoms with Crippen molar-refractivity contribution in [1.29, 1.82) is 0 Å². The van der Waals surface area contributed by atoms with Crippen LogP contribution in [0, 0.1) is 11.3 Å².